The van der Waals surface area contributed by atoms with Crippen molar-refractivity contribution in [3.8, 4) is 0 Å². The summed E-state index contributed by atoms with van der Waals surface area (Å²) in [6, 6.07) is 5.38. The van der Waals surface area contributed by atoms with Gasteiger partial charge in [-0.3, -0.25) is 0 Å². The van der Waals surface area contributed by atoms with Gasteiger partial charge in [0.2, 0.25) is 0 Å². The normalized spacial score (nSPS) is 19.0. The van der Waals surface area contributed by atoms with Gasteiger partial charge in [-0.1, -0.05) is 37.6 Å². The fraction of sp³-hybridized carbons (Fsp3) is 0.458. The molecule has 5 nitrogen and oxygen atoms in total. The van der Waals surface area contributed by atoms with Crippen molar-refractivity contribution < 1.29 is 53.1 Å². The van der Waals surface area contributed by atoms with Gasteiger partial charge in [-0.25, -0.2) is 22.0 Å². The Morgan fingerprint density at radius 3 is 2.00 bits per heavy atom. The van der Waals surface area contributed by atoms with Gasteiger partial charge >= 0.3 is 24.1 Å². The van der Waals surface area contributed by atoms with Crippen LogP contribution in [0.15, 0.2) is 53.4 Å². The third-order valence-corrected chi connectivity index (χ3v) is 8.93. The minimum Gasteiger partial charge on any atom is -0.449 e. The summed E-state index contributed by atoms with van der Waals surface area (Å²) in [6.07, 6.45) is -12.6. The van der Waals surface area contributed by atoms with E-state index in [-0.39, 0.29) is 37.3 Å². The summed E-state index contributed by atoms with van der Waals surface area (Å²) in [5.74, 6) is -0.756. The van der Waals surface area contributed by atoms with Crippen molar-refractivity contribution in [2.45, 2.75) is 53.9 Å². The molecule has 0 radical (unpaired) electrons. The van der Waals surface area contributed by atoms with Crippen LogP contribution in [0.4, 0.5) is 39.9 Å². The molecule has 0 aliphatic carbocycles. The largest absolute Gasteiger partial charge is 0.449 e. The van der Waals surface area contributed by atoms with Gasteiger partial charge < -0.3 is 9.64 Å². The summed E-state index contributed by atoms with van der Waals surface area (Å²) in [7, 11) is -4.52. The van der Waals surface area contributed by atoms with Crippen LogP contribution in [0.2, 0.25) is 0 Å². The number of alkyl halides is 7. The topological polar surface area (TPSA) is 63.7 Å². The number of carbonyl (C=O) groups excluding carboxylic acids is 1. The number of amides is 1. The molecule has 2 aromatic rings. The van der Waals surface area contributed by atoms with E-state index in [9.17, 15) is 48.3 Å². The van der Waals surface area contributed by atoms with E-state index in [1.165, 1.54) is 0 Å². The Kier molecular flexibility index (Phi) is 8.07. The summed E-state index contributed by atoms with van der Waals surface area (Å²) in [5.41, 5.74) is -7.77. The zero-order valence-electron chi connectivity index (χ0n) is 19.9. The van der Waals surface area contributed by atoms with Gasteiger partial charge in [0, 0.05) is 18.7 Å². The van der Waals surface area contributed by atoms with Gasteiger partial charge in [0.1, 0.15) is 10.6 Å². The molecular weight excluding hydrogens is 550 g/mol. The molecule has 1 atom stereocenters. The molecule has 1 heterocycles. The average Bonchev–Trinajstić information content (AvgIpc) is 3.30. The maximum atomic E-state index is 14.5. The van der Waals surface area contributed by atoms with E-state index in [4.69, 9.17) is 4.74 Å². The SMILES string of the molecule is CCCCOC(=O)N1CCC(c2ccc(C(F)(C(F)(F)F)C(F)(F)F)cc2)(S(=O)(=O)c2ccc(F)cc2)C1. The minimum absolute atomic E-state index is 0.0473. The summed E-state index contributed by atoms with van der Waals surface area (Å²) in [6.45, 7) is 1.16. The summed E-state index contributed by atoms with van der Waals surface area (Å²) in [5, 5.41) is 0. The van der Waals surface area contributed by atoms with Crippen molar-refractivity contribution >= 4 is 15.9 Å². The number of rotatable bonds is 7. The molecule has 0 bridgehead atoms. The Balaban J connectivity index is 2.11. The Bertz CT molecular complexity index is 1230. The predicted molar refractivity (Wildman–Crippen MR) is 119 cm³/mol. The van der Waals surface area contributed by atoms with Crippen LogP contribution in [-0.4, -0.2) is 51.5 Å². The monoisotopic (exact) mass is 573 g/mol. The number of benzene rings is 2. The molecule has 1 fully saturated rings. The van der Waals surface area contributed by atoms with Gasteiger partial charge in [-0.2, -0.15) is 26.3 Å². The van der Waals surface area contributed by atoms with E-state index in [0.29, 0.717) is 25.0 Å². The quantitative estimate of drug-likeness (QED) is 0.218. The van der Waals surface area contributed by atoms with E-state index in [0.717, 1.165) is 29.2 Å². The van der Waals surface area contributed by atoms with Crippen LogP contribution in [0.25, 0.3) is 0 Å². The lowest BCUT2D eigenvalue weighted by Gasteiger charge is -2.32. The van der Waals surface area contributed by atoms with Crippen LogP contribution in [-0.2, 0) is 25.0 Å². The highest BCUT2D eigenvalue weighted by Gasteiger charge is 2.73. The second-order valence-electron chi connectivity index (χ2n) is 8.82. The number of sulfone groups is 1. The maximum absolute atomic E-state index is 14.5. The molecule has 0 N–H and O–H groups in total. The molecule has 1 saturated heterocycles. The van der Waals surface area contributed by atoms with Crippen molar-refractivity contribution in [2.24, 2.45) is 0 Å². The van der Waals surface area contributed by atoms with Gasteiger partial charge in [0.25, 0.3) is 0 Å². The molecule has 210 valence electrons. The number of likely N-dealkylation sites (tertiary alicyclic amines) is 1. The van der Waals surface area contributed by atoms with E-state index in [1.54, 1.807) is 0 Å². The molecule has 0 aromatic heterocycles. The zero-order valence-corrected chi connectivity index (χ0v) is 20.7. The molecular formula is C24H23F8NO4S. The fourth-order valence-corrected chi connectivity index (χ4v) is 6.35. The number of hydrogen-bond acceptors (Lipinski definition) is 4. The summed E-state index contributed by atoms with van der Waals surface area (Å²) < 4.78 is 138. The first-order valence-corrected chi connectivity index (χ1v) is 12.8. The first-order valence-electron chi connectivity index (χ1n) is 11.4. The van der Waals surface area contributed by atoms with Gasteiger partial charge in [-0.15, -0.1) is 0 Å². The molecule has 3 rings (SSSR count). The van der Waals surface area contributed by atoms with Crippen LogP contribution in [0.5, 0.6) is 0 Å². The number of unbranched alkanes of at least 4 members (excludes halogenated alkanes) is 1. The highest BCUT2D eigenvalue weighted by molar-refractivity contribution is 7.92. The van der Waals surface area contributed by atoms with Gasteiger partial charge in [-0.05, 0) is 42.7 Å². The van der Waals surface area contributed by atoms with Crippen molar-refractivity contribution in [2.75, 3.05) is 19.7 Å². The molecule has 14 heteroatoms. The van der Waals surface area contributed by atoms with E-state index in [1.807, 2.05) is 6.92 Å². The molecule has 2 aromatic carbocycles. The summed E-state index contributed by atoms with van der Waals surface area (Å²) in [4.78, 5) is 13.2. The lowest BCUT2D eigenvalue weighted by Crippen LogP contribution is -2.50. The fourth-order valence-electron chi connectivity index (χ4n) is 4.27. The molecule has 1 amide bonds. The smallest absolute Gasteiger partial charge is 0.435 e. The van der Waals surface area contributed by atoms with E-state index < -0.39 is 61.5 Å². The Labute approximate surface area is 213 Å². The van der Waals surface area contributed by atoms with Crippen LogP contribution in [0, 0.1) is 5.82 Å². The molecule has 38 heavy (non-hydrogen) atoms. The molecule has 0 saturated carbocycles. The number of nitrogens with zero attached hydrogens (tertiary/aromatic N) is 1. The zero-order chi connectivity index (χ0) is 28.6. The predicted octanol–water partition coefficient (Wildman–Crippen LogP) is 6.43. The van der Waals surface area contributed by atoms with Crippen LogP contribution in [0.3, 0.4) is 0 Å². The molecule has 1 unspecified atom stereocenters. The average molecular weight is 574 g/mol. The second kappa shape index (κ2) is 10.3. The Morgan fingerprint density at radius 1 is 0.947 bits per heavy atom. The minimum atomic E-state index is -6.35. The number of ether oxygens (including phenoxy) is 1. The first-order chi connectivity index (χ1) is 17.5. The standard InChI is InChI=1S/C24H23F8NO4S/c1-2-3-14-37-20(34)33-13-12-21(15-33,38(35,36)19-10-8-18(25)9-11-19)16-4-6-17(7-5-16)22(26,23(27,28)29)24(30,31)32/h4-11H,2-3,12-15H2,1H3. The lowest BCUT2D eigenvalue weighted by atomic mass is 9.90. The van der Waals surface area contributed by atoms with Crippen molar-refractivity contribution in [1.29, 1.82) is 0 Å². The Morgan fingerprint density at radius 2 is 1.50 bits per heavy atom. The highest BCUT2D eigenvalue weighted by atomic mass is 32.2. The van der Waals surface area contributed by atoms with Crippen LogP contribution >= 0.6 is 0 Å². The van der Waals surface area contributed by atoms with Crippen LogP contribution in [0.1, 0.15) is 37.3 Å². The third kappa shape index (κ3) is 5.06. The van der Waals surface area contributed by atoms with Gasteiger partial charge in [0.05, 0.1) is 11.5 Å². The molecule has 0 spiro atoms. The Hall–Kier alpha value is -2.90. The van der Waals surface area contributed by atoms with Crippen molar-refractivity contribution in [3.05, 3.63) is 65.5 Å². The molecule has 1 aliphatic heterocycles. The van der Waals surface area contributed by atoms with E-state index >= 15 is 0 Å². The third-order valence-electron chi connectivity index (χ3n) is 6.44. The van der Waals surface area contributed by atoms with Crippen molar-refractivity contribution in [3.63, 3.8) is 0 Å². The number of hydrogen-bond donors (Lipinski definition) is 0. The van der Waals surface area contributed by atoms with Crippen molar-refractivity contribution in [1.82, 2.24) is 4.90 Å². The van der Waals surface area contributed by atoms with Gasteiger partial charge in [0.15, 0.2) is 9.84 Å². The summed E-state index contributed by atoms with van der Waals surface area (Å²) >= 11 is 0. The van der Waals surface area contributed by atoms with E-state index in [2.05, 4.69) is 0 Å². The maximum Gasteiger partial charge on any atom is 0.435 e. The second-order valence-corrected chi connectivity index (χ2v) is 11.1. The lowest BCUT2D eigenvalue weighted by molar-refractivity contribution is -0.348. The van der Waals surface area contributed by atoms with Crippen LogP contribution < -0.4 is 0 Å². The highest BCUT2D eigenvalue weighted by Crippen LogP contribution is 2.53. The number of halogens is 8. The first kappa shape index (κ1) is 29.7. The molecule has 1 aliphatic rings. The number of carbonyl (C=O) groups is 1.